The molecule has 11 heteroatoms. The normalized spacial score (nSPS) is 14.8. The average molecular weight is 461 g/mol. The fraction of sp³-hybridized carbons (Fsp3) is 0.353. The van der Waals surface area contributed by atoms with Crippen LogP contribution in [0.5, 0.6) is 0 Å². The highest BCUT2D eigenvalue weighted by molar-refractivity contribution is 7.84. The van der Waals surface area contributed by atoms with Crippen LogP contribution in [0, 0.1) is 11.6 Å². The van der Waals surface area contributed by atoms with Crippen LogP contribution in [0.4, 0.5) is 22.0 Å². The van der Waals surface area contributed by atoms with Gasteiger partial charge in [-0.05, 0) is 38.5 Å². The van der Waals surface area contributed by atoms with E-state index in [0.717, 1.165) is 24.4 Å². The van der Waals surface area contributed by atoms with Gasteiger partial charge in [0.2, 0.25) is 0 Å². The molecule has 0 saturated heterocycles. The third-order valence-electron chi connectivity index (χ3n) is 3.62. The highest BCUT2D eigenvalue weighted by Gasteiger charge is 2.36. The van der Waals surface area contributed by atoms with Crippen molar-refractivity contribution in [3.8, 4) is 0 Å². The number of aromatic nitrogens is 1. The van der Waals surface area contributed by atoms with Crippen molar-refractivity contribution in [1.82, 2.24) is 9.71 Å². The van der Waals surface area contributed by atoms with Gasteiger partial charge in [0.25, 0.3) is 0 Å². The van der Waals surface area contributed by atoms with Crippen molar-refractivity contribution in [2.24, 2.45) is 0 Å². The molecule has 0 aliphatic rings. The number of rotatable bonds is 4. The number of hydrogen-bond donors (Lipinski definition) is 1. The Kier molecular flexibility index (Phi) is 6.75. The van der Waals surface area contributed by atoms with E-state index < -0.39 is 55.3 Å². The predicted octanol–water partition coefficient (Wildman–Crippen LogP) is 5.83. The quantitative estimate of drug-likeness (QED) is 0.460. The molecule has 1 aromatic heterocycles. The summed E-state index contributed by atoms with van der Waals surface area (Å²) >= 11 is 11.3. The zero-order valence-electron chi connectivity index (χ0n) is 14.8. The molecule has 1 aromatic carbocycles. The fourth-order valence-corrected chi connectivity index (χ4v) is 3.46. The number of alkyl halides is 3. The zero-order chi connectivity index (χ0) is 21.4. The Balaban J connectivity index is 2.61. The monoisotopic (exact) mass is 460 g/mol. The summed E-state index contributed by atoms with van der Waals surface area (Å²) in [5.41, 5.74) is -1.54. The summed E-state index contributed by atoms with van der Waals surface area (Å²) in [6.07, 6.45) is -3.94. The van der Waals surface area contributed by atoms with Gasteiger partial charge in [-0.15, -0.1) is 0 Å². The summed E-state index contributed by atoms with van der Waals surface area (Å²) in [5.74, 6) is -2.15. The van der Waals surface area contributed by atoms with E-state index in [-0.39, 0.29) is 11.1 Å². The maximum atomic E-state index is 14.6. The van der Waals surface area contributed by atoms with Crippen LogP contribution < -0.4 is 4.72 Å². The fourth-order valence-electron chi connectivity index (χ4n) is 2.18. The molecule has 3 nitrogen and oxygen atoms in total. The number of pyridine rings is 1. The van der Waals surface area contributed by atoms with E-state index in [1.807, 2.05) is 0 Å². The highest BCUT2D eigenvalue weighted by atomic mass is 35.5. The van der Waals surface area contributed by atoms with Crippen LogP contribution in [0.25, 0.3) is 0 Å². The van der Waals surface area contributed by atoms with Crippen molar-refractivity contribution in [3.63, 3.8) is 0 Å². The molecule has 154 valence electrons. The van der Waals surface area contributed by atoms with Crippen LogP contribution in [-0.4, -0.2) is 13.9 Å². The van der Waals surface area contributed by atoms with Gasteiger partial charge >= 0.3 is 6.18 Å². The summed E-state index contributed by atoms with van der Waals surface area (Å²) in [5, 5.41) is -1.51. The van der Waals surface area contributed by atoms with Gasteiger partial charge in [-0.1, -0.05) is 29.3 Å². The lowest BCUT2D eigenvalue weighted by Crippen LogP contribution is -2.36. The van der Waals surface area contributed by atoms with Crippen molar-refractivity contribution in [2.45, 2.75) is 37.7 Å². The summed E-state index contributed by atoms with van der Waals surface area (Å²) < 4.78 is 81.2. The SMILES string of the molecule is CC(C)(C)S(=O)NC(c1cnc(C(F)(F)F)c(Cl)c1)c1ccc(F)c(Cl)c1F. The Bertz CT molecular complexity index is 916. The molecule has 0 aliphatic heterocycles. The molecule has 2 unspecified atom stereocenters. The second kappa shape index (κ2) is 8.22. The van der Waals surface area contributed by atoms with Crippen LogP contribution >= 0.6 is 23.2 Å². The van der Waals surface area contributed by atoms with Crippen molar-refractivity contribution in [2.75, 3.05) is 0 Å². The first-order chi connectivity index (χ1) is 12.7. The molecule has 0 spiro atoms. The number of nitrogens with zero attached hydrogens (tertiary/aromatic N) is 1. The molecular weight excluding hydrogens is 446 g/mol. The summed E-state index contributed by atoms with van der Waals surface area (Å²) in [6, 6.07) is 1.64. The van der Waals surface area contributed by atoms with E-state index in [0.29, 0.717) is 0 Å². The first-order valence-electron chi connectivity index (χ1n) is 7.77. The molecule has 2 atom stereocenters. The lowest BCUT2D eigenvalue weighted by atomic mass is 10.00. The van der Waals surface area contributed by atoms with Crippen LogP contribution in [0.1, 0.15) is 43.6 Å². The zero-order valence-corrected chi connectivity index (χ0v) is 17.1. The van der Waals surface area contributed by atoms with Crippen LogP contribution in [0.3, 0.4) is 0 Å². The van der Waals surface area contributed by atoms with Gasteiger partial charge in [0.15, 0.2) is 5.69 Å². The molecule has 1 heterocycles. The summed E-state index contributed by atoms with van der Waals surface area (Å²) in [6.45, 7) is 4.91. The minimum atomic E-state index is -4.78. The van der Waals surface area contributed by atoms with Crippen molar-refractivity contribution in [1.29, 1.82) is 0 Å². The van der Waals surface area contributed by atoms with Gasteiger partial charge < -0.3 is 0 Å². The Hall–Kier alpha value is -1.29. The minimum absolute atomic E-state index is 0.00262. The Morgan fingerprint density at radius 3 is 2.25 bits per heavy atom. The summed E-state index contributed by atoms with van der Waals surface area (Å²) in [7, 11) is -1.76. The molecule has 0 amide bonds. The molecule has 1 N–H and O–H groups in total. The van der Waals surface area contributed by atoms with Crippen molar-refractivity contribution >= 4 is 34.2 Å². The van der Waals surface area contributed by atoms with Crippen LogP contribution in [-0.2, 0) is 17.2 Å². The third-order valence-corrected chi connectivity index (χ3v) is 5.82. The minimum Gasteiger partial charge on any atom is -0.250 e. The number of hydrogen-bond acceptors (Lipinski definition) is 2. The Morgan fingerprint density at radius 1 is 1.14 bits per heavy atom. The molecule has 2 aromatic rings. The summed E-state index contributed by atoms with van der Waals surface area (Å²) in [4.78, 5) is 3.31. The van der Waals surface area contributed by atoms with Crippen molar-refractivity contribution < 1.29 is 26.2 Å². The lowest BCUT2D eigenvalue weighted by Gasteiger charge is -2.25. The maximum Gasteiger partial charge on any atom is 0.434 e. The molecule has 0 radical (unpaired) electrons. The number of nitrogens with one attached hydrogen (secondary N) is 1. The van der Waals surface area contributed by atoms with Crippen LogP contribution in [0.2, 0.25) is 10.0 Å². The molecule has 2 rings (SSSR count). The molecule has 0 saturated carbocycles. The van der Waals surface area contributed by atoms with Crippen LogP contribution in [0.15, 0.2) is 24.4 Å². The van der Waals surface area contributed by atoms with Crippen molar-refractivity contribution in [3.05, 3.63) is 62.9 Å². The van der Waals surface area contributed by atoms with E-state index >= 15 is 0 Å². The smallest absolute Gasteiger partial charge is 0.250 e. The van der Waals surface area contributed by atoms with Gasteiger partial charge in [0.1, 0.15) is 16.7 Å². The maximum absolute atomic E-state index is 14.6. The lowest BCUT2D eigenvalue weighted by molar-refractivity contribution is -0.141. The molecule has 28 heavy (non-hydrogen) atoms. The largest absolute Gasteiger partial charge is 0.434 e. The second-order valence-electron chi connectivity index (χ2n) is 6.79. The highest BCUT2D eigenvalue weighted by Crippen LogP contribution is 2.36. The Morgan fingerprint density at radius 2 is 1.75 bits per heavy atom. The van der Waals surface area contributed by atoms with Gasteiger partial charge in [0.05, 0.1) is 26.8 Å². The first kappa shape index (κ1) is 23.0. The standard InChI is InChI=1S/C17H15Cl2F5N2OS/c1-16(2,3)28(27)26-14(9-4-5-11(20)12(19)13(9)21)8-6-10(18)15(25-7-8)17(22,23)24/h4-7,14,26H,1-3H3. The molecule has 0 fully saturated rings. The number of benzene rings is 1. The van der Waals surface area contributed by atoms with E-state index in [2.05, 4.69) is 9.71 Å². The van der Waals surface area contributed by atoms with E-state index in [1.165, 1.54) is 0 Å². The van der Waals surface area contributed by atoms with E-state index in [4.69, 9.17) is 23.2 Å². The van der Waals surface area contributed by atoms with E-state index in [1.54, 1.807) is 20.8 Å². The average Bonchev–Trinajstić information content (AvgIpc) is 2.56. The molecular formula is C17H15Cl2F5N2OS. The molecule has 0 aliphatic carbocycles. The first-order valence-corrected chi connectivity index (χ1v) is 9.68. The number of halogens is 7. The van der Waals surface area contributed by atoms with Gasteiger partial charge in [-0.2, -0.15) is 13.2 Å². The van der Waals surface area contributed by atoms with Gasteiger partial charge in [-0.25, -0.2) is 22.7 Å². The molecule has 0 bridgehead atoms. The van der Waals surface area contributed by atoms with Gasteiger partial charge in [-0.3, -0.25) is 0 Å². The predicted molar refractivity (Wildman–Crippen MR) is 98.5 cm³/mol. The van der Waals surface area contributed by atoms with E-state index in [9.17, 15) is 26.2 Å². The Labute approximate surface area is 170 Å². The topological polar surface area (TPSA) is 42.0 Å². The second-order valence-corrected chi connectivity index (χ2v) is 9.58. The van der Waals surface area contributed by atoms with Gasteiger partial charge in [0, 0.05) is 11.8 Å². The third kappa shape index (κ3) is 5.00.